The highest BCUT2D eigenvalue weighted by Crippen LogP contribution is 2.17. The van der Waals surface area contributed by atoms with Gasteiger partial charge < -0.3 is 42.8 Å². The molecule has 0 saturated carbocycles. The second-order valence-electron chi connectivity index (χ2n) is 12.3. The molecule has 0 fully saturated rings. The van der Waals surface area contributed by atoms with E-state index in [0.29, 0.717) is 38.6 Å². The normalized spacial score (nSPS) is 16.6. The first kappa shape index (κ1) is 46.2. The summed E-state index contributed by atoms with van der Waals surface area (Å²) in [5, 5.41) is 0. The summed E-state index contributed by atoms with van der Waals surface area (Å²) in [6.45, 7) is 24.5. The second kappa shape index (κ2) is 29.5. The predicted octanol–water partition coefficient (Wildman–Crippen LogP) is 6.80. The number of ketones is 3. The van der Waals surface area contributed by atoms with Crippen molar-refractivity contribution in [2.75, 3.05) is 34.0 Å². The monoisotopic (exact) mass is 620 g/mol. The zero-order valence-corrected chi connectivity index (χ0v) is 30.2. The maximum Gasteiger partial charge on any atom is 0.130 e. The van der Waals surface area contributed by atoms with Crippen LogP contribution in [0.15, 0.2) is 0 Å². The molecule has 9 nitrogen and oxygen atoms in total. The molecule has 0 radical (unpaired) electrons. The number of methoxy groups -OCH3 is 2. The lowest BCUT2D eigenvalue weighted by Gasteiger charge is -2.26. The number of Topliss-reactive ketones (excluding diaryl/α,β-unsaturated/α-hetero) is 3. The molecule has 0 aliphatic rings. The van der Waals surface area contributed by atoms with E-state index in [9.17, 15) is 14.4 Å². The van der Waals surface area contributed by atoms with Gasteiger partial charge in [0.2, 0.25) is 0 Å². The molecule has 0 saturated heterocycles. The van der Waals surface area contributed by atoms with Crippen LogP contribution in [0, 0.1) is 5.92 Å². The third-order valence-corrected chi connectivity index (χ3v) is 6.21. The Balaban J connectivity index is -0.000000693. The fraction of sp³-hybridized carbons (Fsp3) is 0.912. The van der Waals surface area contributed by atoms with Gasteiger partial charge in [0.05, 0.1) is 55.9 Å². The molecular formula is C34H68O9. The Morgan fingerprint density at radius 1 is 0.558 bits per heavy atom. The highest BCUT2D eigenvalue weighted by molar-refractivity contribution is 5.75. The molecule has 0 rings (SSSR count). The van der Waals surface area contributed by atoms with Crippen molar-refractivity contribution in [3.05, 3.63) is 0 Å². The largest absolute Gasteiger partial charge is 0.382 e. The number of carbonyl (C=O) groups excluding carboxylic acids is 3. The van der Waals surface area contributed by atoms with Gasteiger partial charge in [0.1, 0.15) is 17.3 Å². The topological polar surface area (TPSA) is 107 Å². The van der Waals surface area contributed by atoms with Gasteiger partial charge >= 0.3 is 0 Å². The van der Waals surface area contributed by atoms with Crippen molar-refractivity contribution in [1.29, 1.82) is 0 Å². The SMILES string of the molecule is CC(C)=O.COC(C)CC(C)OC(C)CC(C)OC(C)CC(C)CC(C)=O.COC(C)COCC(C)OCCCC(C)=O. The van der Waals surface area contributed by atoms with Gasteiger partial charge in [-0.15, -0.1) is 0 Å². The quantitative estimate of drug-likeness (QED) is 0.114. The first-order valence-electron chi connectivity index (χ1n) is 15.9. The third kappa shape index (κ3) is 38.7. The minimum atomic E-state index is 0.0658. The van der Waals surface area contributed by atoms with Gasteiger partial charge in [-0.05, 0) is 108 Å². The molecule has 258 valence electrons. The van der Waals surface area contributed by atoms with Crippen LogP contribution in [0.4, 0.5) is 0 Å². The summed E-state index contributed by atoms with van der Waals surface area (Å²) >= 11 is 0. The zero-order valence-electron chi connectivity index (χ0n) is 30.2. The minimum Gasteiger partial charge on any atom is -0.382 e. The van der Waals surface area contributed by atoms with Crippen LogP contribution in [0.2, 0.25) is 0 Å². The van der Waals surface area contributed by atoms with E-state index in [-0.39, 0.29) is 60.1 Å². The van der Waals surface area contributed by atoms with Crippen LogP contribution in [-0.2, 0) is 42.8 Å². The number of hydrogen-bond donors (Lipinski definition) is 0. The number of rotatable bonds is 23. The van der Waals surface area contributed by atoms with Crippen molar-refractivity contribution in [3.63, 3.8) is 0 Å². The number of carbonyl (C=O) groups is 3. The molecule has 0 aliphatic carbocycles. The van der Waals surface area contributed by atoms with E-state index in [1.165, 1.54) is 13.8 Å². The fourth-order valence-corrected chi connectivity index (χ4v) is 4.31. The molecule has 0 N–H and O–H groups in total. The van der Waals surface area contributed by atoms with Crippen LogP contribution in [0.3, 0.4) is 0 Å². The van der Waals surface area contributed by atoms with Crippen molar-refractivity contribution in [2.24, 2.45) is 5.92 Å². The molecule has 0 heterocycles. The fourth-order valence-electron chi connectivity index (χ4n) is 4.31. The Labute approximate surface area is 264 Å². The lowest BCUT2D eigenvalue weighted by Crippen LogP contribution is -2.27. The zero-order chi connectivity index (χ0) is 34.0. The Morgan fingerprint density at radius 3 is 1.40 bits per heavy atom. The minimum absolute atomic E-state index is 0.0658. The van der Waals surface area contributed by atoms with Crippen LogP contribution >= 0.6 is 0 Å². The average molecular weight is 621 g/mol. The van der Waals surface area contributed by atoms with Crippen LogP contribution < -0.4 is 0 Å². The Bertz CT molecular complexity index is 681. The van der Waals surface area contributed by atoms with Crippen LogP contribution in [0.5, 0.6) is 0 Å². The van der Waals surface area contributed by atoms with Gasteiger partial charge in [-0.3, -0.25) is 0 Å². The van der Waals surface area contributed by atoms with E-state index >= 15 is 0 Å². The molecule has 0 amide bonds. The van der Waals surface area contributed by atoms with Gasteiger partial charge in [0.15, 0.2) is 0 Å². The van der Waals surface area contributed by atoms with E-state index in [2.05, 4.69) is 41.5 Å². The molecule has 0 bridgehead atoms. The molecule has 0 aromatic rings. The van der Waals surface area contributed by atoms with Gasteiger partial charge in [-0.25, -0.2) is 0 Å². The summed E-state index contributed by atoms with van der Waals surface area (Å²) in [6.07, 6.45) is 5.75. The lowest BCUT2D eigenvalue weighted by atomic mass is 9.98. The highest BCUT2D eigenvalue weighted by Gasteiger charge is 2.18. The van der Waals surface area contributed by atoms with E-state index in [1.54, 1.807) is 28.1 Å². The molecule has 9 heteroatoms. The molecule has 0 spiro atoms. The lowest BCUT2D eigenvalue weighted by molar-refractivity contribution is -0.118. The second-order valence-corrected chi connectivity index (χ2v) is 12.3. The van der Waals surface area contributed by atoms with Gasteiger partial charge in [-0.1, -0.05) is 6.92 Å². The van der Waals surface area contributed by atoms with Crippen molar-refractivity contribution >= 4 is 17.3 Å². The predicted molar refractivity (Wildman–Crippen MR) is 174 cm³/mol. The first-order chi connectivity index (χ1) is 19.9. The van der Waals surface area contributed by atoms with Crippen molar-refractivity contribution in [3.8, 4) is 0 Å². The summed E-state index contributed by atoms with van der Waals surface area (Å²) in [5.41, 5.74) is 0. The highest BCUT2D eigenvalue weighted by atomic mass is 16.5. The molecule has 0 aromatic carbocycles. The Hall–Kier alpha value is -1.23. The number of ether oxygens (including phenoxy) is 6. The Kier molecular flexibility index (Phi) is 31.7. The average Bonchev–Trinajstić information content (AvgIpc) is 2.85. The van der Waals surface area contributed by atoms with Crippen molar-refractivity contribution in [1.82, 2.24) is 0 Å². The van der Waals surface area contributed by atoms with E-state index in [4.69, 9.17) is 28.4 Å². The maximum atomic E-state index is 11.1. The van der Waals surface area contributed by atoms with Gasteiger partial charge in [0, 0.05) is 33.7 Å². The summed E-state index contributed by atoms with van der Waals surface area (Å²) in [5.74, 6) is 0.999. The maximum absolute atomic E-state index is 11.1. The molecule has 8 atom stereocenters. The summed E-state index contributed by atoms with van der Waals surface area (Å²) in [4.78, 5) is 31.3. The molecule has 0 aliphatic heterocycles. The molecule has 8 unspecified atom stereocenters. The van der Waals surface area contributed by atoms with Crippen LogP contribution in [-0.4, -0.2) is 94.1 Å². The van der Waals surface area contributed by atoms with E-state index in [1.807, 2.05) is 13.8 Å². The first-order valence-corrected chi connectivity index (χ1v) is 15.9. The van der Waals surface area contributed by atoms with Crippen molar-refractivity contribution in [2.45, 2.75) is 164 Å². The van der Waals surface area contributed by atoms with Gasteiger partial charge in [-0.2, -0.15) is 0 Å². The molecule has 0 aromatic heterocycles. The standard InChI is InChI=1S/C19H38O4.C12H24O4.C3H6O/c1-13(9-14(2)20)10-16(4)22-18(6)12-19(7)23-17(5)11-15(3)21-8;1-10(13)6-5-7-16-12(3)9-15-8-11(2)14-4;1-3(2)4/h13,15-19H,9-12H2,1-8H3;11-12H,5-9H2,1-4H3;1-2H3. The van der Waals surface area contributed by atoms with Crippen LogP contribution in [0.1, 0.15) is 122 Å². The summed E-state index contributed by atoms with van der Waals surface area (Å²) in [7, 11) is 3.39. The van der Waals surface area contributed by atoms with E-state index in [0.717, 1.165) is 25.7 Å². The van der Waals surface area contributed by atoms with Gasteiger partial charge in [0.25, 0.3) is 0 Å². The molecular weight excluding hydrogens is 552 g/mol. The van der Waals surface area contributed by atoms with E-state index < -0.39 is 0 Å². The van der Waals surface area contributed by atoms with Crippen LogP contribution in [0.25, 0.3) is 0 Å². The smallest absolute Gasteiger partial charge is 0.130 e. The third-order valence-electron chi connectivity index (χ3n) is 6.21. The van der Waals surface area contributed by atoms with Crippen molar-refractivity contribution < 1.29 is 42.8 Å². The molecule has 43 heavy (non-hydrogen) atoms. The Morgan fingerprint density at radius 2 is 0.977 bits per heavy atom. The number of hydrogen-bond acceptors (Lipinski definition) is 9. The summed E-state index contributed by atoms with van der Waals surface area (Å²) < 4.78 is 33.3. The summed E-state index contributed by atoms with van der Waals surface area (Å²) in [6, 6.07) is 0.